The number of carbonyl (C=O) groups is 1. The van der Waals surface area contributed by atoms with Gasteiger partial charge in [0.05, 0.1) is 10.6 Å². The molecule has 1 amide bonds. The van der Waals surface area contributed by atoms with Crippen LogP contribution in [0.1, 0.15) is 16.7 Å². The third-order valence-electron chi connectivity index (χ3n) is 4.59. The number of anilines is 1. The fourth-order valence-corrected chi connectivity index (χ4v) is 4.46. The first-order valence-electron chi connectivity index (χ1n) is 9.43. The van der Waals surface area contributed by atoms with Crippen molar-refractivity contribution in [3.63, 3.8) is 0 Å². The van der Waals surface area contributed by atoms with Gasteiger partial charge in [0, 0.05) is 11.6 Å². The molecule has 0 heterocycles. The minimum absolute atomic E-state index is 0.0692. The predicted octanol–water partition coefficient (Wildman–Crippen LogP) is 4.47. The van der Waals surface area contributed by atoms with Crippen LogP contribution in [-0.4, -0.2) is 20.9 Å². The van der Waals surface area contributed by atoms with Crippen molar-refractivity contribution in [2.24, 2.45) is 0 Å². The van der Waals surface area contributed by atoms with E-state index in [1.165, 1.54) is 24.3 Å². The van der Waals surface area contributed by atoms with E-state index >= 15 is 0 Å². The SMILES string of the molecule is Cc1ccc(CNC(=O)CN(c2cccc(C)c2)S(=O)(=O)c2ccc(Cl)cc2)cc1. The summed E-state index contributed by atoms with van der Waals surface area (Å²) in [6.45, 7) is 3.85. The van der Waals surface area contributed by atoms with E-state index in [2.05, 4.69) is 5.32 Å². The number of nitrogens with one attached hydrogen (secondary N) is 1. The second-order valence-corrected chi connectivity index (χ2v) is 9.37. The molecule has 3 rings (SSSR count). The molecule has 0 unspecified atom stereocenters. The van der Waals surface area contributed by atoms with Crippen LogP contribution in [0.3, 0.4) is 0 Å². The Morgan fingerprint density at radius 3 is 2.23 bits per heavy atom. The highest BCUT2D eigenvalue weighted by atomic mass is 35.5. The number of carbonyl (C=O) groups excluding carboxylic acids is 1. The zero-order chi connectivity index (χ0) is 21.7. The highest BCUT2D eigenvalue weighted by Crippen LogP contribution is 2.25. The molecule has 3 aromatic rings. The van der Waals surface area contributed by atoms with Crippen molar-refractivity contribution >= 4 is 33.2 Å². The standard InChI is InChI=1S/C23H23ClN2O3S/c1-17-6-8-19(9-7-17)15-25-23(27)16-26(21-5-3-4-18(2)14-21)30(28,29)22-12-10-20(24)11-13-22/h3-14H,15-16H2,1-2H3,(H,25,27). The molecule has 30 heavy (non-hydrogen) atoms. The molecule has 0 aliphatic carbocycles. The van der Waals surface area contributed by atoms with Crippen molar-refractivity contribution in [2.45, 2.75) is 25.3 Å². The minimum Gasteiger partial charge on any atom is -0.350 e. The third kappa shape index (κ3) is 5.40. The summed E-state index contributed by atoms with van der Waals surface area (Å²) in [4.78, 5) is 12.7. The van der Waals surface area contributed by atoms with Crippen LogP contribution in [0, 0.1) is 13.8 Å². The Hall–Kier alpha value is -2.83. The van der Waals surface area contributed by atoms with E-state index in [0.717, 1.165) is 21.0 Å². The highest BCUT2D eigenvalue weighted by molar-refractivity contribution is 7.92. The molecule has 3 aromatic carbocycles. The summed E-state index contributed by atoms with van der Waals surface area (Å²) >= 11 is 5.90. The van der Waals surface area contributed by atoms with E-state index in [1.54, 1.807) is 18.2 Å². The van der Waals surface area contributed by atoms with Crippen molar-refractivity contribution in [3.8, 4) is 0 Å². The number of nitrogens with zero attached hydrogens (tertiary/aromatic N) is 1. The van der Waals surface area contributed by atoms with E-state index in [0.29, 0.717) is 17.3 Å². The maximum Gasteiger partial charge on any atom is 0.264 e. The summed E-state index contributed by atoms with van der Waals surface area (Å²) in [6, 6.07) is 20.7. The molecule has 1 N–H and O–H groups in total. The number of halogens is 1. The number of amides is 1. The molecule has 0 saturated heterocycles. The maximum atomic E-state index is 13.3. The summed E-state index contributed by atoms with van der Waals surface area (Å²) in [5.41, 5.74) is 3.39. The molecule has 0 aromatic heterocycles. The van der Waals surface area contributed by atoms with Crippen LogP contribution >= 0.6 is 11.6 Å². The summed E-state index contributed by atoms with van der Waals surface area (Å²) < 4.78 is 27.7. The van der Waals surface area contributed by atoms with Gasteiger partial charge in [0.25, 0.3) is 10.0 Å². The van der Waals surface area contributed by atoms with Crippen LogP contribution in [0.2, 0.25) is 5.02 Å². The molecule has 0 radical (unpaired) electrons. The lowest BCUT2D eigenvalue weighted by molar-refractivity contribution is -0.119. The third-order valence-corrected chi connectivity index (χ3v) is 6.63. The van der Waals surface area contributed by atoms with Gasteiger partial charge in [-0.05, 0) is 61.4 Å². The summed E-state index contributed by atoms with van der Waals surface area (Å²) in [5, 5.41) is 3.24. The van der Waals surface area contributed by atoms with Gasteiger partial charge in [0.1, 0.15) is 6.54 Å². The Balaban J connectivity index is 1.85. The molecule has 7 heteroatoms. The topological polar surface area (TPSA) is 66.5 Å². The average molecular weight is 443 g/mol. The van der Waals surface area contributed by atoms with Crippen LogP contribution in [0.25, 0.3) is 0 Å². The van der Waals surface area contributed by atoms with E-state index < -0.39 is 15.9 Å². The average Bonchev–Trinajstić information content (AvgIpc) is 2.72. The zero-order valence-corrected chi connectivity index (χ0v) is 18.4. The Morgan fingerprint density at radius 2 is 1.60 bits per heavy atom. The van der Waals surface area contributed by atoms with Crippen LogP contribution in [0.4, 0.5) is 5.69 Å². The maximum absolute atomic E-state index is 13.3. The van der Waals surface area contributed by atoms with Crippen molar-refractivity contribution in [3.05, 3.63) is 94.5 Å². The van der Waals surface area contributed by atoms with Gasteiger partial charge in [-0.25, -0.2) is 8.42 Å². The van der Waals surface area contributed by atoms with Gasteiger partial charge >= 0.3 is 0 Å². The predicted molar refractivity (Wildman–Crippen MR) is 120 cm³/mol. The quantitative estimate of drug-likeness (QED) is 0.587. The largest absolute Gasteiger partial charge is 0.350 e. The van der Waals surface area contributed by atoms with Crippen molar-refractivity contribution in [1.29, 1.82) is 0 Å². The van der Waals surface area contributed by atoms with Gasteiger partial charge in [-0.15, -0.1) is 0 Å². The van der Waals surface area contributed by atoms with E-state index in [1.807, 2.05) is 44.2 Å². The molecule has 0 fully saturated rings. The van der Waals surface area contributed by atoms with E-state index in [-0.39, 0.29) is 11.4 Å². The molecule has 0 spiro atoms. The van der Waals surface area contributed by atoms with Crippen LogP contribution in [0.5, 0.6) is 0 Å². The molecule has 0 aliphatic heterocycles. The lowest BCUT2D eigenvalue weighted by Crippen LogP contribution is -2.40. The number of benzene rings is 3. The summed E-state index contributed by atoms with van der Waals surface area (Å²) in [5.74, 6) is -0.394. The normalized spacial score (nSPS) is 11.2. The first-order chi connectivity index (χ1) is 14.3. The second kappa shape index (κ2) is 9.32. The lowest BCUT2D eigenvalue weighted by Gasteiger charge is -2.24. The number of sulfonamides is 1. The zero-order valence-electron chi connectivity index (χ0n) is 16.8. The van der Waals surface area contributed by atoms with Gasteiger partial charge in [-0.1, -0.05) is 53.6 Å². The lowest BCUT2D eigenvalue weighted by atomic mass is 10.1. The van der Waals surface area contributed by atoms with E-state index in [9.17, 15) is 13.2 Å². The monoisotopic (exact) mass is 442 g/mol. The van der Waals surface area contributed by atoms with Gasteiger partial charge in [-0.3, -0.25) is 9.10 Å². The van der Waals surface area contributed by atoms with Gasteiger partial charge in [0.15, 0.2) is 0 Å². The Labute approximate surface area is 182 Å². The first-order valence-corrected chi connectivity index (χ1v) is 11.2. The molecule has 0 saturated carbocycles. The summed E-state index contributed by atoms with van der Waals surface area (Å²) in [6.07, 6.45) is 0. The van der Waals surface area contributed by atoms with Gasteiger partial charge in [-0.2, -0.15) is 0 Å². The van der Waals surface area contributed by atoms with Crippen molar-refractivity contribution in [2.75, 3.05) is 10.8 Å². The fraction of sp³-hybridized carbons (Fsp3) is 0.174. The fourth-order valence-electron chi connectivity index (χ4n) is 2.92. The molecular formula is C23H23ClN2O3S. The van der Waals surface area contributed by atoms with Crippen LogP contribution < -0.4 is 9.62 Å². The minimum atomic E-state index is -3.96. The molecule has 156 valence electrons. The van der Waals surface area contributed by atoms with Gasteiger partial charge in [0.2, 0.25) is 5.91 Å². The molecule has 0 aliphatic rings. The van der Waals surface area contributed by atoms with Crippen molar-refractivity contribution < 1.29 is 13.2 Å². The number of hydrogen-bond donors (Lipinski definition) is 1. The second-order valence-electron chi connectivity index (χ2n) is 7.07. The van der Waals surface area contributed by atoms with E-state index in [4.69, 9.17) is 11.6 Å². The molecule has 0 bridgehead atoms. The van der Waals surface area contributed by atoms with Crippen LogP contribution in [0.15, 0.2) is 77.7 Å². The Morgan fingerprint density at radius 1 is 0.933 bits per heavy atom. The van der Waals surface area contributed by atoms with Gasteiger partial charge < -0.3 is 5.32 Å². The number of hydrogen-bond acceptors (Lipinski definition) is 3. The number of rotatable bonds is 7. The smallest absolute Gasteiger partial charge is 0.264 e. The number of aryl methyl sites for hydroxylation is 2. The highest BCUT2D eigenvalue weighted by Gasteiger charge is 2.27. The molecule has 0 atom stereocenters. The van der Waals surface area contributed by atoms with Crippen molar-refractivity contribution in [1.82, 2.24) is 5.32 Å². The van der Waals surface area contributed by atoms with Crippen LogP contribution in [-0.2, 0) is 21.4 Å². The summed E-state index contributed by atoms with van der Waals surface area (Å²) in [7, 11) is -3.96. The first kappa shape index (κ1) is 21.9. The Bertz CT molecular complexity index is 1130. The Kier molecular flexibility index (Phi) is 6.80. The molecular weight excluding hydrogens is 420 g/mol. The molecule has 5 nitrogen and oxygen atoms in total.